The molecule has 0 spiro atoms. The van der Waals surface area contributed by atoms with Crippen molar-refractivity contribution in [3.05, 3.63) is 0 Å². The highest BCUT2D eigenvalue weighted by Gasteiger charge is 2.19. The zero-order valence-electron chi connectivity index (χ0n) is 7.89. The third-order valence-corrected chi connectivity index (χ3v) is 1.83. The second-order valence-electron chi connectivity index (χ2n) is 3.15. The summed E-state index contributed by atoms with van der Waals surface area (Å²) in [5.74, 6) is 0.627. The molecule has 4 heteroatoms. The van der Waals surface area contributed by atoms with E-state index in [0.29, 0.717) is 12.3 Å². The Balaban J connectivity index is 3.68. The van der Waals surface area contributed by atoms with Crippen LogP contribution in [0.2, 0.25) is 0 Å². The molecule has 0 aliphatic rings. The van der Waals surface area contributed by atoms with Gasteiger partial charge in [0.05, 0.1) is 0 Å². The van der Waals surface area contributed by atoms with Crippen molar-refractivity contribution in [2.24, 2.45) is 0 Å². The molecule has 0 aliphatic carbocycles. The fraction of sp³-hybridized carbons (Fsp3) is 0.875. The summed E-state index contributed by atoms with van der Waals surface area (Å²) >= 11 is 3.96. The minimum atomic E-state index is -0.374. The molecule has 0 unspecified atom stereocenters. The van der Waals surface area contributed by atoms with Gasteiger partial charge in [0.25, 0.3) is 0 Å². The van der Waals surface area contributed by atoms with E-state index >= 15 is 0 Å². The van der Waals surface area contributed by atoms with Crippen LogP contribution in [0.3, 0.4) is 0 Å². The fourth-order valence-electron chi connectivity index (χ4n) is 0.517. The summed E-state index contributed by atoms with van der Waals surface area (Å²) in [6.45, 7) is 6.29. The van der Waals surface area contributed by atoms with E-state index in [2.05, 4.69) is 17.9 Å². The van der Waals surface area contributed by atoms with E-state index in [-0.39, 0.29) is 11.7 Å². The van der Waals surface area contributed by atoms with Crippen LogP contribution in [0.25, 0.3) is 0 Å². The molecule has 0 saturated heterocycles. The number of rotatable bonds is 4. The van der Waals surface area contributed by atoms with Gasteiger partial charge in [0, 0.05) is 12.3 Å². The van der Waals surface area contributed by atoms with Gasteiger partial charge in [-0.1, -0.05) is 6.92 Å². The topological polar surface area (TPSA) is 38.3 Å². The van der Waals surface area contributed by atoms with E-state index < -0.39 is 0 Å². The van der Waals surface area contributed by atoms with E-state index in [1.807, 2.05) is 20.8 Å². The van der Waals surface area contributed by atoms with Gasteiger partial charge in [-0.3, -0.25) is 0 Å². The van der Waals surface area contributed by atoms with Crippen molar-refractivity contribution in [1.29, 1.82) is 0 Å². The summed E-state index contributed by atoms with van der Waals surface area (Å²) in [7, 11) is 0. The fourth-order valence-corrected chi connectivity index (χ4v) is 0.629. The Morgan fingerprint density at radius 2 is 2.17 bits per heavy atom. The summed E-state index contributed by atoms with van der Waals surface area (Å²) in [5.41, 5.74) is -0.374. The standard InChI is InChI=1S/C8H17NO2S/c1-4-8(2,3)11-7(10)9-5-6-12/h12H,4-6H2,1-3H3,(H,9,10). The SMILES string of the molecule is CCC(C)(C)OC(=O)NCCS. The molecule has 1 amide bonds. The predicted octanol–water partition coefficient (Wildman–Crippen LogP) is 1.83. The van der Waals surface area contributed by atoms with Crippen LogP contribution < -0.4 is 5.32 Å². The second kappa shape index (κ2) is 5.30. The summed E-state index contributed by atoms with van der Waals surface area (Å²) in [6.07, 6.45) is 0.442. The highest BCUT2D eigenvalue weighted by Crippen LogP contribution is 2.12. The normalized spacial score (nSPS) is 11.0. The average molecular weight is 191 g/mol. The third kappa shape index (κ3) is 5.29. The van der Waals surface area contributed by atoms with Gasteiger partial charge in [0.15, 0.2) is 0 Å². The van der Waals surface area contributed by atoms with E-state index in [1.54, 1.807) is 0 Å². The molecule has 0 bridgehead atoms. The van der Waals surface area contributed by atoms with Crippen molar-refractivity contribution in [1.82, 2.24) is 5.32 Å². The zero-order chi connectivity index (χ0) is 9.61. The van der Waals surface area contributed by atoms with Gasteiger partial charge in [0.2, 0.25) is 0 Å². The molecule has 0 fully saturated rings. The number of alkyl carbamates (subject to hydrolysis) is 1. The van der Waals surface area contributed by atoms with Crippen LogP contribution in [0.15, 0.2) is 0 Å². The number of carbonyl (C=O) groups excluding carboxylic acids is 1. The second-order valence-corrected chi connectivity index (χ2v) is 3.60. The van der Waals surface area contributed by atoms with Crippen LogP contribution in [0.1, 0.15) is 27.2 Å². The molecule has 3 nitrogen and oxygen atoms in total. The first-order valence-electron chi connectivity index (χ1n) is 4.09. The maximum Gasteiger partial charge on any atom is 0.407 e. The summed E-state index contributed by atoms with van der Waals surface area (Å²) in [6, 6.07) is 0. The molecule has 0 heterocycles. The molecule has 0 radical (unpaired) electrons. The molecule has 0 atom stereocenters. The number of hydrogen-bond acceptors (Lipinski definition) is 3. The van der Waals surface area contributed by atoms with E-state index in [4.69, 9.17) is 4.74 Å². The number of thiol groups is 1. The first kappa shape index (κ1) is 11.6. The molecule has 1 N–H and O–H groups in total. The smallest absolute Gasteiger partial charge is 0.407 e. The van der Waals surface area contributed by atoms with Gasteiger partial charge in [0.1, 0.15) is 5.60 Å². The van der Waals surface area contributed by atoms with Gasteiger partial charge < -0.3 is 10.1 Å². The molecule has 0 rings (SSSR count). The van der Waals surface area contributed by atoms with E-state index in [0.717, 1.165) is 6.42 Å². The minimum Gasteiger partial charge on any atom is -0.444 e. The third-order valence-electron chi connectivity index (χ3n) is 1.60. The van der Waals surface area contributed by atoms with Gasteiger partial charge in [-0.05, 0) is 20.3 Å². The van der Waals surface area contributed by atoms with Gasteiger partial charge >= 0.3 is 6.09 Å². The largest absolute Gasteiger partial charge is 0.444 e. The van der Waals surface area contributed by atoms with Crippen molar-refractivity contribution in [3.63, 3.8) is 0 Å². The highest BCUT2D eigenvalue weighted by molar-refractivity contribution is 7.80. The van der Waals surface area contributed by atoms with Crippen LogP contribution >= 0.6 is 12.6 Å². The van der Waals surface area contributed by atoms with Crippen molar-refractivity contribution < 1.29 is 9.53 Å². The molecule has 0 aromatic carbocycles. The lowest BCUT2D eigenvalue weighted by Crippen LogP contribution is -2.34. The van der Waals surface area contributed by atoms with Crippen molar-refractivity contribution in [2.75, 3.05) is 12.3 Å². The Bertz CT molecular complexity index is 148. The van der Waals surface area contributed by atoms with Crippen LogP contribution in [-0.2, 0) is 4.74 Å². The number of amides is 1. The number of hydrogen-bond donors (Lipinski definition) is 2. The molecule has 0 aliphatic heterocycles. The zero-order valence-corrected chi connectivity index (χ0v) is 8.78. The number of carbonyl (C=O) groups is 1. The molecule has 0 saturated carbocycles. The summed E-state index contributed by atoms with van der Waals surface area (Å²) in [4.78, 5) is 11.0. The molecule has 0 aromatic rings. The van der Waals surface area contributed by atoms with Crippen LogP contribution in [0.4, 0.5) is 4.79 Å². The van der Waals surface area contributed by atoms with Crippen LogP contribution in [0.5, 0.6) is 0 Å². The number of nitrogens with one attached hydrogen (secondary N) is 1. The minimum absolute atomic E-state index is 0.365. The first-order chi connectivity index (χ1) is 5.52. The maximum atomic E-state index is 11.0. The van der Waals surface area contributed by atoms with Crippen LogP contribution in [-0.4, -0.2) is 24.0 Å². The lowest BCUT2D eigenvalue weighted by molar-refractivity contribution is 0.0367. The Morgan fingerprint density at radius 3 is 2.58 bits per heavy atom. The average Bonchev–Trinajstić information content (AvgIpc) is 2.00. The van der Waals surface area contributed by atoms with Gasteiger partial charge in [-0.15, -0.1) is 0 Å². The monoisotopic (exact) mass is 191 g/mol. The number of ether oxygens (including phenoxy) is 1. The van der Waals surface area contributed by atoms with E-state index in [9.17, 15) is 4.79 Å². The quantitative estimate of drug-likeness (QED) is 0.665. The molecular weight excluding hydrogens is 174 g/mol. The first-order valence-corrected chi connectivity index (χ1v) is 4.73. The highest BCUT2D eigenvalue weighted by atomic mass is 32.1. The predicted molar refractivity (Wildman–Crippen MR) is 52.7 cm³/mol. The Kier molecular flexibility index (Phi) is 5.13. The van der Waals surface area contributed by atoms with Gasteiger partial charge in [-0.2, -0.15) is 12.6 Å². The molecular formula is C8H17NO2S. The van der Waals surface area contributed by atoms with Crippen molar-refractivity contribution in [2.45, 2.75) is 32.8 Å². The molecule has 0 aromatic heterocycles. The lowest BCUT2D eigenvalue weighted by atomic mass is 10.1. The Hall–Kier alpha value is -0.380. The van der Waals surface area contributed by atoms with Gasteiger partial charge in [-0.25, -0.2) is 4.79 Å². The summed E-state index contributed by atoms with van der Waals surface area (Å²) < 4.78 is 5.11. The molecule has 12 heavy (non-hydrogen) atoms. The van der Waals surface area contributed by atoms with E-state index in [1.165, 1.54) is 0 Å². The van der Waals surface area contributed by atoms with Crippen molar-refractivity contribution in [3.8, 4) is 0 Å². The Morgan fingerprint density at radius 1 is 1.58 bits per heavy atom. The van der Waals surface area contributed by atoms with Crippen LogP contribution in [0, 0.1) is 0 Å². The Labute approximate surface area is 79.3 Å². The molecule has 72 valence electrons. The maximum absolute atomic E-state index is 11.0. The van der Waals surface area contributed by atoms with Crippen molar-refractivity contribution >= 4 is 18.7 Å². The lowest BCUT2D eigenvalue weighted by Gasteiger charge is -2.23. The summed E-state index contributed by atoms with van der Waals surface area (Å²) in [5, 5.41) is 2.59.